The van der Waals surface area contributed by atoms with Crippen LogP contribution in [0, 0.1) is 18.3 Å². The Morgan fingerprint density at radius 3 is 2.22 bits per heavy atom. The van der Waals surface area contributed by atoms with Crippen molar-refractivity contribution in [3.8, 4) is 11.8 Å². The molecule has 0 unspecified atom stereocenters. The van der Waals surface area contributed by atoms with E-state index in [9.17, 15) is 9.90 Å². The molecule has 0 fully saturated rings. The number of aromatic nitrogens is 1. The van der Waals surface area contributed by atoms with E-state index in [1.165, 1.54) is 0 Å². The molecule has 2 aromatic carbocycles. The van der Waals surface area contributed by atoms with E-state index in [1.54, 1.807) is 18.3 Å². The van der Waals surface area contributed by atoms with Gasteiger partial charge in [0.05, 0.1) is 23.9 Å². The molecule has 0 aliphatic rings. The average Bonchev–Trinajstić information content (AvgIpc) is 2.87. The van der Waals surface area contributed by atoms with Gasteiger partial charge in [0.2, 0.25) is 0 Å². The lowest BCUT2D eigenvalue weighted by molar-refractivity contribution is 0.0950. The third kappa shape index (κ3) is 7.93. The van der Waals surface area contributed by atoms with Crippen LogP contribution in [-0.2, 0) is 25.2 Å². The first-order chi connectivity index (χ1) is 16.7. The van der Waals surface area contributed by atoms with Gasteiger partial charge < -0.3 is 15.2 Å². The largest absolute Gasteiger partial charge is 0.487 e. The maximum Gasteiger partial charge on any atom is 0.251 e. The lowest BCUT2D eigenvalue weighted by atomic mass is 9.87. The molecule has 0 aliphatic heterocycles. The molecule has 0 saturated carbocycles. The first kappa shape index (κ1) is 30.3. The van der Waals surface area contributed by atoms with Crippen LogP contribution in [0.3, 0.4) is 0 Å². The molecule has 0 atom stereocenters. The number of amides is 1. The third-order valence-electron chi connectivity index (χ3n) is 5.48. The second kappa shape index (κ2) is 14.0. The molecular formula is C30H39N3O3. The summed E-state index contributed by atoms with van der Waals surface area (Å²) >= 11 is 0. The van der Waals surface area contributed by atoms with E-state index in [4.69, 9.17) is 10.00 Å². The zero-order valence-electron chi connectivity index (χ0n) is 21.5. The molecule has 36 heavy (non-hydrogen) atoms. The van der Waals surface area contributed by atoms with Gasteiger partial charge in [0.25, 0.3) is 5.91 Å². The zero-order chi connectivity index (χ0) is 26.0. The highest BCUT2D eigenvalue weighted by Crippen LogP contribution is 2.27. The van der Waals surface area contributed by atoms with Crippen molar-refractivity contribution >= 4 is 5.91 Å². The molecule has 2 N–H and O–H groups in total. The topological polar surface area (TPSA) is 95.2 Å². The highest BCUT2D eigenvalue weighted by Gasteiger charge is 2.16. The number of hydrogen-bond acceptors (Lipinski definition) is 5. The van der Waals surface area contributed by atoms with E-state index in [-0.39, 0.29) is 38.5 Å². The quantitative estimate of drug-likeness (QED) is 0.411. The van der Waals surface area contributed by atoms with Crippen LogP contribution in [0.4, 0.5) is 0 Å². The molecule has 6 nitrogen and oxygen atoms in total. The van der Waals surface area contributed by atoms with Crippen LogP contribution in [0.1, 0.15) is 85.9 Å². The summed E-state index contributed by atoms with van der Waals surface area (Å²) in [7, 11) is 0. The molecule has 1 aromatic heterocycles. The summed E-state index contributed by atoms with van der Waals surface area (Å²) in [4.78, 5) is 17.0. The minimum atomic E-state index is -0.239. The number of hydrogen-bond donors (Lipinski definition) is 2. The lowest BCUT2D eigenvalue weighted by Crippen LogP contribution is -2.24. The predicted molar refractivity (Wildman–Crippen MR) is 145 cm³/mol. The Bertz CT molecular complexity index is 1160. The van der Waals surface area contributed by atoms with Gasteiger partial charge in [-0.1, -0.05) is 66.3 Å². The second-order valence-corrected chi connectivity index (χ2v) is 8.94. The molecule has 0 saturated heterocycles. The number of ether oxygens (including phenoxy) is 1. The minimum absolute atomic E-state index is 0. The summed E-state index contributed by atoms with van der Waals surface area (Å²) in [6.45, 7) is 12.5. The van der Waals surface area contributed by atoms with Gasteiger partial charge in [0, 0.05) is 23.9 Å². The number of nitrogens with one attached hydrogen (secondary N) is 1. The number of carbonyl (C=O) groups excluding carboxylic acids is 1. The van der Waals surface area contributed by atoms with Crippen LogP contribution in [0.25, 0.3) is 0 Å². The Morgan fingerprint density at radius 2 is 1.69 bits per heavy atom. The van der Waals surface area contributed by atoms with E-state index in [1.807, 2.05) is 57.2 Å². The van der Waals surface area contributed by atoms with Crippen molar-refractivity contribution in [2.45, 2.75) is 74.1 Å². The van der Waals surface area contributed by atoms with Crippen LogP contribution in [0.2, 0.25) is 0 Å². The highest BCUT2D eigenvalue weighted by atomic mass is 16.5. The molecule has 1 heterocycles. The lowest BCUT2D eigenvalue weighted by Gasteiger charge is -2.19. The highest BCUT2D eigenvalue weighted by molar-refractivity contribution is 5.94. The van der Waals surface area contributed by atoms with E-state index in [0.717, 1.165) is 11.1 Å². The van der Waals surface area contributed by atoms with Gasteiger partial charge in [0.1, 0.15) is 12.4 Å². The Labute approximate surface area is 216 Å². The molecular weight excluding hydrogens is 450 g/mol. The summed E-state index contributed by atoms with van der Waals surface area (Å²) < 4.78 is 5.98. The predicted octanol–water partition coefficient (Wildman–Crippen LogP) is 6.22. The van der Waals surface area contributed by atoms with E-state index in [0.29, 0.717) is 33.7 Å². The van der Waals surface area contributed by atoms with E-state index < -0.39 is 0 Å². The van der Waals surface area contributed by atoms with Gasteiger partial charge in [-0.3, -0.25) is 9.78 Å². The Morgan fingerprint density at radius 1 is 1.08 bits per heavy atom. The summed E-state index contributed by atoms with van der Waals surface area (Å²) in [5.41, 5.74) is 5.18. The van der Waals surface area contributed by atoms with Crippen LogP contribution >= 0.6 is 0 Å². The number of aryl methyl sites for hydroxylation is 1. The fourth-order valence-electron chi connectivity index (χ4n) is 3.42. The number of aliphatic hydroxyl groups is 1. The second-order valence-electron chi connectivity index (χ2n) is 8.94. The molecule has 0 spiro atoms. The monoisotopic (exact) mass is 489 g/mol. The molecule has 0 bridgehead atoms. The van der Waals surface area contributed by atoms with Crippen molar-refractivity contribution in [2.24, 2.45) is 0 Å². The Hall–Kier alpha value is -3.69. The summed E-state index contributed by atoms with van der Waals surface area (Å²) in [6.07, 6.45) is 1.65. The van der Waals surface area contributed by atoms with Gasteiger partial charge in [0.15, 0.2) is 0 Å². The van der Waals surface area contributed by atoms with Gasteiger partial charge >= 0.3 is 0 Å². The first-order valence-electron chi connectivity index (χ1n) is 11.8. The number of nitrogens with zero attached hydrogens (tertiary/aromatic N) is 2. The molecule has 1 amide bonds. The van der Waals surface area contributed by atoms with Crippen molar-refractivity contribution in [3.05, 3.63) is 93.8 Å². The number of pyridine rings is 1. The van der Waals surface area contributed by atoms with Gasteiger partial charge in [-0.05, 0) is 53.3 Å². The number of nitriles is 1. The molecule has 0 radical (unpaired) electrons. The maximum atomic E-state index is 12.6. The van der Waals surface area contributed by atoms with Crippen LogP contribution in [0.15, 0.2) is 54.7 Å². The SMILES string of the molecule is C.CC.Cc1ncc(CNC(=O)c2ccc(C(C)(C)C)cc2)c(CO)c1OCc1ccc(C#N)cc1. The van der Waals surface area contributed by atoms with Crippen molar-refractivity contribution in [3.63, 3.8) is 0 Å². The fourth-order valence-corrected chi connectivity index (χ4v) is 3.42. The first-order valence-corrected chi connectivity index (χ1v) is 11.8. The number of rotatable bonds is 7. The van der Waals surface area contributed by atoms with E-state index >= 15 is 0 Å². The molecule has 192 valence electrons. The Balaban J connectivity index is 0.00000211. The molecule has 3 rings (SSSR count). The van der Waals surface area contributed by atoms with Crippen LogP contribution in [-0.4, -0.2) is 16.0 Å². The molecule has 3 aromatic rings. The molecule has 0 aliphatic carbocycles. The summed E-state index contributed by atoms with van der Waals surface area (Å²) in [5, 5.41) is 21.9. The van der Waals surface area contributed by atoms with Gasteiger partial charge in [-0.15, -0.1) is 0 Å². The van der Waals surface area contributed by atoms with Crippen molar-refractivity contribution < 1.29 is 14.6 Å². The number of benzene rings is 2. The van der Waals surface area contributed by atoms with Crippen LogP contribution in [0.5, 0.6) is 5.75 Å². The van der Waals surface area contributed by atoms with Crippen molar-refractivity contribution in [1.29, 1.82) is 5.26 Å². The van der Waals surface area contributed by atoms with Crippen molar-refractivity contribution in [1.82, 2.24) is 10.3 Å². The van der Waals surface area contributed by atoms with Gasteiger partial charge in [-0.25, -0.2) is 0 Å². The fraction of sp³-hybridized carbons (Fsp3) is 0.367. The number of aliphatic hydroxyl groups excluding tert-OH is 1. The van der Waals surface area contributed by atoms with Crippen molar-refractivity contribution in [2.75, 3.05) is 0 Å². The van der Waals surface area contributed by atoms with Crippen LogP contribution < -0.4 is 10.1 Å². The zero-order valence-corrected chi connectivity index (χ0v) is 21.5. The normalized spacial score (nSPS) is 10.3. The van der Waals surface area contributed by atoms with Gasteiger partial charge in [-0.2, -0.15) is 5.26 Å². The average molecular weight is 490 g/mol. The third-order valence-corrected chi connectivity index (χ3v) is 5.48. The minimum Gasteiger partial charge on any atom is -0.487 e. The Kier molecular flexibility index (Phi) is 11.8. The number of carbonyl (C=O) groups is 1. The maximum absolute atomic E-state index is 12.6. The van der Waals surface area contributed by atoms with E-state index in [2.05, 4.69) is 37.1 Å². The molecule has 6 heteroatoms. The summed E-state index contributed by atoms with van der Waals surface area (Å²) in [5.74, 6) is 0.308. The standard InChI is InChI=1S/C27H29N3O3.C2H6.CH4/c1-18-25(33-17-20-7-5-19(13-28)6-8-20)24(16-31)22(14-29-18)15-30-26(32)21-9-11-23(12-10-21)27(2,3)4;1-2;/h5-12,14,31H,15-17H2,1-4H3,(H,30,32);1-2H3;1H4. The smallest absolute Gasteiger partial charge is 0.251 e. The summed E-state index contributed by atoms with van der Waals surface area (Å²) in [6, 6.07) is 16.8.